The fraction of sp³-hybridized carbons (Fsp3) is 0.250. The molecule has 0 fully saturated rings. The van der Waals surface area contributed by atoms with Gasteiger partial charge in [-0.15, -0.1) is 0 Å². The van der Waals surface area contributed by atoms with Crippen LogP contribution in [-0.2, 0) is 10.0 Å². The first kappa shape index (κ1) is 10.5. The maximum atomic E-state index is 11.3. The number of primary sulfonamides is 1. The van der Waals surface area contributed by atoms with Crippen LogP contribution in [0.3, 0.4) is 0 Å². The number of hydrogen-bond acceptors (Lipinski definition) is 4. The van der Waals surface area contributed by atoms with E-state index in [9.17, 15) is 8.42 Å². The molecule has 0 aliphatic carbocycles. The van der Waals surface area contributed by atoms with E-state index >= 15 is 0 Å². The molecule has 1 aliphatic rings. The molecule has 0 amide bonds. The standard InChI is InChI=1S/C8H8ClNO4S/c9-5-1-2-6-7(14-4-3-13-6)8(5)15(10,11)12/h1-2H,3-4H2,(H2,10,11,12). The number of ether oxygens (including phenoxy) is 2. The molecule has 0 unspecified atom stereocenters. The average molecular weight is 250 g/mol. The third-order valence-corrected chi connectivity index (χ3v) is 3.30. The third-order valence-electron chi connectivity index (χ3n) is 1.90. The van der Waals surface area contributed by atoms with Crippen LogP contribution in [-0.4, -0.2) is 21.6 Å². The highest BCUT2D eigenvalue weighted by atomic mass is 35.5. The first-order chi connectivity index (χ1) is 7.00. The molecule has 2 rings (SSSR count). The summed E-state index contributed by atoms with van der Waals surface area (Å²) < 4.78 is 33.0. The van der Waals surface area contributed by atoms with Crippen LogP contribution in [0.4, 0.5) is 0 Å². The number of fused-ring (bicyclic) bond motifs is 1. The second kappa shape index (κ2) is 3.55. The van der Waals surface area contributed by atoms with Crippen LogP contribution in [0.15, 0.2) is 17.0 Å². The molecule has 1 aromatic carbocycles. The Labute approximate surface area is 91.8 Å². The van der Waals surface area contributed by atoms with E-state index in [0.29, 0.717) is 12.4 Å². The Kier molecular flexibility index (Phi) is 2.49. The first-order valence-electron chi connectivity index (χ1n) is 4.11. The molecular weight excluding hydrogens is 242 g/mol. The lowest BCUT2D eigenvalue weighted by molar-refractivity contribution is 0.167. The van der Waals surface area contributed by atoms with Gasteiger partial charge < -0.3 is 9.47 Å². The Hall–Kier alpha value is -0.980. The molecule has 0 spiro atoms. The smallest absolute Gasteiger partial charge is 0.243 e. The fourth-order valence-corrected chi connectivity index (χ4v) is 2.56. The Morgan fingerprint density at radius 2 is 1.93 bits per heavy atom. The average Bonchev–Trinajstić information content (AvgIpc) is 2.15. The monoisotopic (exact) mass is 249 g/mol. The molecule has 7 heteroatoms. The SMILES string of the molecule is NS(=O)(=O)c1c(Cl)ccc2c1OCCO2. The summed E-state index contributed by atoms with van der Waals surface area (Å²) in [5, 5.41) is 5.06. The molecule has 0 radical (unpaired) electrons. The van der Waals surface area contributed by atoms with E-state index in [-0.39, 0.29) is 22.3 Å². The van der Waals surface area contributed by atoms with Crippen molar-refractivity contribution >= 4 is 21.6 Å². The van der Waals surface area contributed by atoms with Crippen molar-refractivity contribution in [1.82, 2.24) is 0 Å². The van der Waals surface area contributed by atoms with Crippen LogP contribution in [0.2, 0.25) is 5.02 Å². The number of rotatable bonds is 1. The topological polar surface area (TPSA) is 78.6 Å². The van der Waals surface area contributed by atoms with Gasteiger partial charge in [-0.2, -0.15) is 0 Å². The molecular formula is C8H8ClNO4S. The van der Waals surface area contributed by atoms with Crippen molar-refractivity contribution in [2.45, 2.75) is 4.90 Å². The Bertz CT molecular complexity index is 500. The summed E-state index contributed by atoms with van der Waals surface area (Å²) in [5.41, 5.74) is 0. The van der Waals surface area contributed by atoms with E-state index in [1.165, 1.54) is 6.07 Å². The van der Waals surface area contributed by atoms with Gasteiger partial charge in [0.05, 0.1) is 5.02 Å². The van der Waals surface area contributed by atoms with Gasteiger partial charge in [0.1, 0.15) is 18.1 Å². The number of hydrogen-bond donors (Lipinski definition) is 1. The van der Waals surface area contributed by atoms with E-state index < -0.39 is 10.0 Å². The van der Waals surface area contributed by atoms with Gasteiger partial charge in [-0.1, -0.05) is 11.6 Å². The van der Waals surface area contributed by atoms with Gasteiger partial charge in [-0.25, -0.2) is 13.6 Å². The minimum absolute atomic E-state index is 0.0294. The summed E-state index contributed by atoms with van der Waals surface area (Å²) in [6, 6.07) is 2.96. The van der Waals surface area contributed by atoms with Crippen molar-refractivity contribution in [2.24, 2.45) is 5.14 Å². The minimum atomic E-state index is -3.91. The van der Waals surface area contributed by atoms with Crippen LogP contribution in [0.25, 0.3) is 0 Å². The molecule has 1 heterocycles. The zero-order chi connectivity index (χ0) is 11.1. The van der Waals surface area contributed by atoms with E-state index in [4.69, 9.17) is 26.2 Å². The minimum Gasteiger partial charge on any atom is -0.486 e. The molecule has 2 N–H and O–H groups in total. The maximum absolute atomic E-state index is 11.3. The molecule has 5 nitrogen and oxygen atoms in total. The summed E-state index contributed by atoms with van der Waals surface area (Å²) in [7, 11) is -3.91. The lowest BCUT2D eigenvalue weighted by Gasteiger charge is -2.20. The lowest BCUT2D eigenvalue weighted by Crippen LogP contribution is -2.20. The van der Waals surface area contributed by atoms with Gasteiger partial charge in [-0.05, 0) is 12.1 Å². The predicted octanol–water partition coefficient (Wildman–Crippen LogP) is 0.759. The van der Waals surface area contributed by atoms with Gasteiger partial charge in [0.25, 0.3) is 0 Å². The van der Waals surface area contributed by atoms with Crippen LogP contribution in [0, 0.1) is 0 Å². The zero-order valence-electron chi connectivity index (χ0n) is 7.57. The van der Waals surface area contributed by atoms with Crippen molar-refractivity contribution in [3.05, 3.63) is 17.2 Å². The highest BCUT2D eigenvalue weighted by Crippen LogP contribution is 2.40. The number of sulfonamides is 1. The molecule has 0 atom stereocenters. The Morgan fingerprint density at radius 1 is 1.27 bits per heavy atom. The van der Waals surface area contributed by atoms with Gasteiger partial charge in [0, 0.05) is 0 Å². The van der Waals surface area contributed by atoms with Crippen molar-refractivity contribution < 1.29 is 17.9 Å². The van der Waals surface area contributed by atoms with Crippen molar-refractivity contribution in [1.29, 1.82) is 0 Å². The van der Waals surface area contributed by atoms with Gasteiger partial charge >= 0.3 is 0 Å². The quantitative estimate of drug-likeness (QED) is 0.797. The van der Waals surface area contributed by atoms with Crippen LogP contribution < -0.4 is 14.6 Å². The van der Waals surface area contributed by atoms with Gasteiger partial charge in [0.2, 0.25) is 10.0 Å². The normalized spacial score (nSPS) is 15.1. The van der Waals surface area contributed by atoms with E-state index in [0.717, 1.165) is 0 Å². The lowest BCUT2D eigenvalue weighted by atomic mass is 10.3. The molecule has 0 aromatic heterocycles. The molecule has 0 saturated carbocycles. The van der Waals surface area contributed by atoms with Gasteiger partial charge in [-0.3, -0.25) is 0 Å². The summed E-state index contributed by atoms with van der Waals surface area (Å²) in [4.78, 5) is -0.221. The van der Waals surface area contributed by atoms with Gasteiger partial charge in [0.15, 0.2) is 11.5 Å². The molecule has 82 valence electrons. The maximum Gasteiger partial charge on any atom is 0.243 e. The predicted molar refractivity (Wildman–Crippen MR) is 53.8 cm³/mol. The van der Waals surface area contributed by atoms with Crippen molar-refractivity contribution in [3.63, 3.8) is 0 Å². The molecule has 1 aliphatic heterocycles. The van der Waals surface area contributed by atoms with E-state index in [1.807, 2.05) is 0 Å². The first-order valence-corrected chi connectivity index (χ1v) is 6.03. The molecule has 0 bridgehead atoms. The zero-order valence-corrected chi connectivity index (χ0v) is 9.14. The number of benzene rings is 1. The Morgan fingerprint density at radius 3 is 2.60 bits per heavy atom. The summed E-state index contributed by atoms with van der Waals surface area (Å²) in [6.45, 7) is 0.647. The van der Waals surface area contributed by atoms with Crippen molar-refractivity contribution in [3.8, 4) is 11.5 Å². The van der Waals surface area contributed by atoms with Crippen LogP contribution >= 0.6 is 11.6 Å². The second-order valence-corrected chi connectivity index (χ2v) is 4.85. The van der Waals surface area contributed by atoms with E-state index in [2.05, 4.69) is 0 Å². The number of halogens is 1. The van der Waals surface area contributed by atoms with Crippen LogP contribution in [0.1, 0.15) is 0 Å². The number of nitrogens with two attached hydrogens (primary N) is 1. The molecule has 0 saturated heterocycles. The third kappa shape index (κ3) is 1.88. The highest BCUT2D eigenvalue weighted by molar-refractivity contribution is 7.89. The largest absolute Gasteiger partial charge is 0.486 e. The summed E-state index contributed by atoms with van der Waals surface area (Å²) >= 11 is 5.75. The summed E-state index contributed by atoms with van der Waals surface area (Å²) in [6.07, 6.45) is 0. The Balaban J connectivity index is 2.71. The van der Waals surface area contributed by atoms with Crippen LogP contribution in [0.5, 0.6) is 11.5 Å². The fourth-order valence-electron chi connectivity index (χ4n) is 1.33. The highest BCUT2D eigenvalue weighted by Gasteiger charge is 2.25. The summed E-state index contributed by atoms with van der Waals surface area (Å²) in [5.74, 6) is 0.436. The van der Waals surface area contributed by atoms with E-state index in [1.54, 1.807) is 6.07 Å². The molecule has 15 heavy (non-hydrogen) atoms. The second-order valence-electron chi connectivity index (χ2n) is 2.95. The van der Waals surface area contributed by atoms with Crippen molar-refractivity contribution in [2.75, 3.05) is 13.2 Å². The molecule has 1 aromatic rings.